The average molecular weight is 639 g/mol. The van der Waals surface area contributed by atoms with E-state index in [1.807, 2.05) is 31.2 Å². The summed E-state index contributed by atoms with van der Waals surface area (Å²) in [5, 5.41) is 22.6. The van der Waals surface area contributed by atoms with Gasteiger partial charge in [0.05, 0.1) is 29.9 Å². The highest BCUT2D eigenvalue weighted by atomic mass is 16.5. The second-order valence-corrected chi connectivity index (χ2v) is 14.4. The first kappa shape index (κ1) is 30.4. The fraction of sp³-hybridized carbons (Fsp3) is 0.583. The number of nitrogens with zero attached hydrogens (tertiary/aromatic N) is 7. The molecule has 2 saturated carbocycles. The number of fused-ring (bicyclic) bond motifs is 3. The van der Waals surface area contributed by atoms with Crippen molar-refractivity contribution in [2.75, 3.05) is 61.0 Å². The van der Waals surface area contributed by atoms with Gasteiger partial charge in [0.2, 0.25) is 5.95 Å². The van der Waals surface area contributed by atoms with Gasteiger partial charge in [0.25, 0.3) is 0 Å². The van der Waals surface area contributed by atoms with Crippen LogP contribution >= 0.6 is 0 Å². The van der Waals surface area contributed by atoms with Gasteiger partial charge >= 0.3 is 5.97 Å². The summed E-state index contributed by atoms with van der Waals surface area (Å²) in [5.41, 5.74) is 4.11. The highest BCUT2D eigenvalue weighted by molar-refractivity contribution is 5.77. The van der Waals surface area contributed by atoms with Crippen LogP contribution in [0.4, 0.5) is 17.5 Å². The third kappa shape index (κ3) is 5.87. The van der Waals surface area contributed by atoms with Crippen LogP contribution < -0.4 is 15.1 Å². The maximum absolute atomic E-state index is 12.2. The lowest BCUT2D eigenvalue weighted by Gasteiger charge is -2.55. The summed E-state index contributed by atoms with van der Waals surface area (Å²) in [4.78, 5) is 29.3. The molecule has 1 aromatic carbocycles. The molecule has 4 fully saturated rings. The van der Waals surface area contributed by atoms with Gasteiger partial charge in [-0.15, -0.1) is 10.2 Å². The summed E-state index contributed by atoms with van der Waals surface area (Å²) < 4.78 is 5.28. The number of nitrogens with one attached hydrogen (secondary N) is 1. The van der Waals surface area contributed by atoms with Gasteiger partial charge < -0.3 is 29.9 Å². The molecule has 0 unspecified atom stereocenters. The van der Waals surface area contributed by atoms with E-state index >= 15 is 0 Å². The Kier molecular flexibility index (Phi) is 8.11. The first-order valence-electron chi connectivity index (χ1n) is 17.6. The van der Waals surface area contributed by atoms with Crippen molar-refractivity contribution in [2.24, 2.45) is 11.3 Å². The molecule has 47 heavy (non-hydrogen) atoms. The zero-order chi connectivity index (χ0) is 32.0. The maximum Gasteiger partial charge on any atom is 0.308 e. The highest BCUT2D eigenvalue weighted by Gasteiger charge is 2.49. The van der Waals surface area contributed by atoms with E-state index in [1.54, 1.807) is 6.07 Å². The summed E-state index contributed by atoms with van der Waals surface area (Å²) in [6.45, 7) is 7.94. The minimum Gasteiger partial charge on any atom is -0.507 e. The molecule has 1 spiro atoms. The SMILES string of the molecule is CCOC(=O)[C@H]1CCC2(CC1)C[C@H](N1CCC(c3cnc(N4CCN5c6cc(-c7ccccc7O)nnc6NC[C@H]5C4)nc3)CC1)C2. The van der Waals surface area contributed by atoms with Crippen molar-refractivity contribution in [2.45, 2.75) is 76.3 Å². The topological polar surface area (TPSA) is 120 Å². The Bertz CT molecular complexity index is 1580. The minimum atomic E-state index is 0.0178. The second kappa shape index (κ2) is 12.6. The molecule has 2 N–H and O–H groups in total. The number of aromatic hydroxyl groups is 1. The van der Waals surface area contributed by atoms with Crippen molar-refractivity contribution in [3.63, 3.8) is 0 Å². The molecule has 0 bridgehead atoms. The number of piperazine rings is 1. The molecule has 2 saturated heterocycles. The van der Waals surface area contributed by atoms with Gasteiger partial charge in [-0.1, -0.05) is 12.1 Å². The summed E-state index contributed by atoms with van der Waals surface area (Å²) in [6, 6.07) is 10.2. The lowest BCUT2D eigenvalue weighted by atomic mass is 9.56. The highest BCUT2D eigenvalue weighted by Crippen LogP contribution is 2.55. The number of para-hydroxylation sites is 1. The molecule has 3 aliphatic heterocycles. The van der Waals surface area contributed by atoms with E-state index in [1.165, 1.54) is 31.2 Å². The van der Waals surface area contributed by atoms with Crippen molar-refractivity contribution in [1.82, 2.24) is 25.1 Å². The Morgan fingerprint density at radius 2 is 1.77 bits per heavy atom. The minimum absolute atomic E-state index is 0.0178. The van der Waals surface area contributed by atoms with Crippen LogP contribution in [0.25, 0.3) is 11.3 Å². The molecule has 2 aliphatic carbocycles. The fourth-order valence-corrected chi connectivity index (χ4v) is 8.93. The third-order valence-electron chi connectivity index (χ3n) is 11.7. The van der Waals surface area contributed by atoms with Crippen LogP contribution in [-0.4, -0.2) is 94.1 Å². The fourth-order valence-electron chi connectivity index (χ4n) is 8.93. The van der Waals surface area contributed by atoms with Crippen LogP contribution in [0.1, 0.15) is 69.8 Å². The number of piperidine rings is 1. The molecule has 5 aliphatic rings. The van der Waals surface area contributed by atoms with E-state index in [0.717, 1.165) is 82.4 Å². The molecule has 11 nitrogen and oxygen atoms in total. The molecule has 0 amide bonds. The number of esters is 1. The number of anilines is 3. The van der Waals surface area contributed by atoms with Gasteiger partial charge in [-0.25, -0.2) is 9.97 Å². The van der Waals surface area contributed by atoms with Crippen LogP contribution in [0.3, 0.4) is 0 Å². The number of hydrogen-bond donors (Lipinski definition) is 2. The lowest BCUT2D eigenvalue weighted by molar-refractivity contribution is -0.151. The predicted molar refractivity (Wildman–Crippen MR) is 181 cm³/mol. The third-order valence-corrected chi connectivity index (χ3v) is 11.7. The average Bonchev–Trinajstić information content (AvgIpc) is 3.10. The van der Waals surface area contributed by atoms with E-state index in [2.05, 4.69) is 42.6 Å². The largest absolute Gasteiger partial charge is 0.507 e. The van der Waals surface area contributed by atoms with Crippen molar-refractivity contribution >= 4 is 23.4 Å². The number of carbonyl (C=O) groups is 1. The number of hydrogen-bond acceptors (Lipinski definition) is 11. The zero-order valence-corrected chi connectivity index (χ0v) is 27.4. The van der Waals surface area contributed by atoms with E-state index in [4.69, 9.17) is 14.7 Å². The number of aromatic nitrogens is 4. The van der Waals surface area contributed by atoms with Crippen molar-refractivity contribution < 1.29 is 14.6 Å². The van der Waals surface area contributed by atoms with Gasteiger partial charge in [0.15, 0.2) is 5.82 Å². The summed E-state index contributed by atoms with van der Waals surface area (Å²) in [6.07, 6.45) is 13.4. The Labute approximate surface area is 276 Å². The van der Waals surface area contributed by atoms with Gasteiger partial charge in [0.1, 0.15) is 5.75 Å². The first-order valence-corrected chi connectivity index (χ1v) is 17.6. The molecule has 0 radical (unpaired) electrons. The standard InChI is InChI=1S/C36H46N8O3/c1-2-47-34(46)25-7-11-36(12-8-25)18-27(19-36)42-13-9-24(10-14-42)26-20-38-35(39-21-26)43-15-16-44-28(23-43)22-37-33-31(44)17-30(40-41-33)29-5-3-4-6-32(29)45/h3-6,17,20-21,24-25,27-28,45H,2,7-16,18-19,22-23H2,1H3,(H,37,41)/t25-,27-,28-,36?/m0/s1. The van der Waals surface area contributed by atoms with Crippen LogP contribution in [0.2, 0.25) is 0 Å². The number of phenolic OH excluding ortho intramolecular Hbond substituents is 1. The zero-order valence-electron chi connectivity index (χ0n) is 27.4. The maximum atomic E-state index is 12.2. The van der Waals surface area contributed by atoms with Gasteiger partial charge in [0, 0.05) is 50.2 Å². The molecular formula is C36H46N8O3. The molecule has 2 aromatic heterocycles. The van der Waals surface area contributed by atoms with Crippen molar-refractivity contribution in [3.05, 3.63) is 48.3 Å². The van der Waals surface area contributed by atoms with Crippen LogP contribution in [-0.2, 0) is 9.53 Å². The molecule has 1 atom stereocenters. The molecule has 3 aromatic rings. The van der Waals surface area contributed by atoms with Crippen LogP contribution in [0, 0.1) is 11.3 Å². The number of phenols is 1. The van der Waals surface area contributed by atoms with Gasteiger partial charge in [-0.2, -0.15) is 0 Å². The predicted octanol–water partition coefficient (Wildman–Crippen LogP) is 4.84. The second-order valence-electron chi connectivity index (χ2n) is 14.4. The Morgan fingerprint density at radius 1 is 1.00 bits per heavy atom. The molecule has 5 heterocycles. The first-order chi connectivity index (χ1) is 23.0. The van der Waals surface area contributed by atoms with Gasteiger partial charge in [-0.3, -0.25) is 4.79 Å². The van der Waals surface area contributed by atoms with E-state index in [-0.39, 0.29) is 23.7 Å². The molecule has 11 heteroatoms. The summed E-state index contributed by atoms with van der Waals surface area (Å²) >= 11 is 0. The lowest BCUT2D eigenvalue weighted by Crippen LogP contribution is -2.58. The Hall–Kier alpha value is -3.99. The number of likely N-dealkylation sites (tertiary alicyclic amines) is 1. The number of ether oxygens (including phenoxy) is 1. The van der Waals surface area contributed by atoms with Crippen LogP contribution in [0.5, 0.6) is 5.75 Å². The van der Waals surface area contributed by atoms with E-state index < -0.39 is 0 Å². The number of rotatable bonds is 6. The van der Waals surface area contributed by atoms with E-state index in [9.17, 15) is 9.90 Å². The molecule has 248 valence electrons. The van der Waals surface area contributed by atoms with Crippen LogP contribution in [0.15, 0.2) is 42.7 Å². The summed E-state index contributed by atoms with van der Waals surface area (Å²) in [7, 11) is 0. The monoisotopic (exact) mass is 638 g/mol. The van der Waals surface area contributed by atoms with E-state index in [0.29, 0.717) is 35.2 Å². The van der Waals surface area contributed by atoms with Gasteiger partial charge in [-0.05, 0) is 106 Å². The number of benzene rings is 1. The Balaban J connectivity index is 0.831. The Morgan fingerprint density at radius 3 is 2.51 bits per heavy atom. The van der Waals surface area contributed by atoms with Crippen molar-refractivity contribution in [1.29, 1.82) is 0 Å². The molecule has 8 rings (SSSR count). The smallest absolute Gasteiger partial charge is 0.308 e. The quantitative estimate of drug-likeness (QED) is 0.361. The van der Waals surface area contributed by atoms with Crippen molar-refractivity contribution in [3.8, 4) is 17.0 Å². The number of carbonyl (C=O) groups excluding carboxylic acids is 1. The molecular weight excluding hydrogens is 592 g/mol. The normalized spacial score (nSPS) is 27.8. The summed E-state index contributed by atoms with van der Waals surface area (Å²) in [5.74, 6) is 2.45.